The zero-order chi connectivity index (χ0) is 20.5. The lowest BCUT2D eigenvalue weighted by atomic mass is 9.87. The maximum Gasteiger partial charge on any atom is 0.304 e. The van der Waals surface area contributed by atoms with Crippen LogP contribution in [0.5, 0.6) is 0 Å². The fraction of sp³-hybridized carbons (Fsp3) is 0.130. The highest BCUT2D eigenvalue weighted by Crippen LogP contribution is 2.41. The van der Waals surface area contributed by atoms with E-state index in [0.29, 0.717) is 10.6 Å². The predicted molar refractivity (Wildman–Crippen MR) is 118 cm³/mol. The number of benzene rings is 3. The fourth-order valence-corrected chi connectivity index (χ4v) is 4.40. The summed E-state index contributed by atoms with van der Waals surface area (Å²) in [5, 5.41) is 13.2. The molecule has 0 fully saturated rings. The van der Waals surface area contributed by atoms with Crippen molar-refractivity contribution in [2.45, 2.75) is 18.4 Å². The molecule has 0 aliphatic carbocycles. The topological polar surface area (TPSA) is 66.4 Å². The number of anilines is 1. The van der Waals surface area contributed by atoms with Crippen LogP contribution in [0.4, 0.5) is 5.69 Å². The third-order valence-electron chi connectivity index (χ3n) is 5.16. The first-order chi connectivity index (χ1) is 13.9. The second-order valence-electron chi connectivity index (χ2n) is 6.98. The van der Waals surface area contributed by atoms with Crippen molar-refractivity contribution in [3.05, 3.63) is 87.4 Å². The Morgan fingerprint density at radius 3 is 2.45 bits per heavy atom. The fourth-order valence-electron chi connectivity index (χ4n) is 3.77. The van der Waals surface area contributed by atoms with Crippen molar-refractivity contribution in [1.82, 2.24) is 0 Å². The molecule has 1 heterocycles. The number of ketones is 1. The van der Waals surface area contributed by atoms with Gasteiger partial charge in [-0.25, -0.2) is 0 Å². The Kier molecular flexibility index (Phi) is 5.43. The van der Waals surface area contributed by atoms with Crippen molar-refractivity contribution in [2.24, 2.45) is 0 Å². The van der Waals surface area contributed by atoms with E-state index in [0.717, 1.165) is 26.9 Å². The maximum atomic E-state index is 13.2. The number of halogens is 2. The zero-order valence-electron chi connectivity index (χ0n) is 15.2. The number of carboxylic acids is 1. The quantitative estimate of drug-likeness (QED) is 0.449. The van der Waals surface area contributed by atoms with E-state index in [-0.39, 0.29) is 12.2 Å². The van der Waals surface area contributed by atoms with E-state index < -0.39 is 17.9 Å². The van der Waals surface area contributed by atoms with Crippen LogP contribution >= 0.6 is 27.5 Å². The summed E-state index contributed by atoms with van der Waals surface area (Å²) < 4.78 is 0.852. The molecule has 0 bridgehead atoms. The van der Waals surface area contributed by atoms with E-state index in [9.17, 15) is 14.7 Å². The Balaban J connectivity index is 1.63. The molecule has 29 heavy (non-hydrogen) atoms. The Morgan fingerprint density at radius 1 is 1.03 bits per heavy atom. The van der Waals surface area contributed by atoms with Crippen LogP contribution in [-0.4, -0.2) is 22.9 Å². The smallest absolute Gasteiger partial charge is 0.304 e. The average molecular weight is 471 g/mol. The summed E-state index contributed by atoms with van der Waals surface area (Å²) in [5.74, 6) is -1.50. The third kappa shape index (κ3) is 3.93. The van der Waals surface area contributed by atoms with Gasteiger partial charge in [0.1, 0.15) is 0 Å². The van der Waals surface area contributed by atoms with Gasteiger partial charge in [-0.1, -0.05) is 70.0 Å². The number of fused-ring (bicyclic) bond motifs is 1. The monoisotopic (exact) mass is 469 g/mol. The number of carbonyl (C=O) groups is 2. The lowest BCUT2D eigenvalue weighted by Gasteiger charge is -2.18. The minimum atomic E-state index is -0.934. The normalized spacial score (nSPS) is 17.4. The molecule has 0 saturated carbocycles. The van der Waals surface area contributed by atoms with E-state index in [1.807, 2.05) is 54.6 Å². The summed E-state index contributed by atoms with van der Waals surface area (Å²) >= 11 is 9.69. The van der Waals surface area contributed by atoms with Crippen LogP contribution in [-0.2, 0) is 4.79 Å². The van der Waals surface area contributed by atoms with E-state index in [1.54, 1.807) is 12.1 Å². The van der Waals surface area contributed by atoms with E-state index >= 15 is 0 Å². The summed E-state index contributed by atoms with van der Waals surface area (Å²) in [6.45, 7) is 0. The van der Waals surface area contributed by atoms with Crippen molar-refractivity contribution in [3.8, 4) is 11.1 Å². The molecule has 6 heteroatoms. The number of carboxylic acid groups (broad SMARTS) is 1. The van der Waals surface area contributed by atoms with E-state index in [1.165, 1.54) is 0 Å². The predicted octanol–water partition coefficient (Wildman–Crippen LogP) is 6.00. The molecular weight excluding hydrogens is 454 g/mol. The van der Waals surface area contributed by atoms with Crippen LogP contribution < -0.4 is 5.32 Å². The van der Waals surface area contributed by atoms with Crippen LogP contribution in [0.25, 0.3) is 11.1 Å². The molecule has 2 N–H and O–H groups in total. The molecule has 1 aliphatic heterocycles. The molecular formula is C23H17BrClNO3. The van der Waals surface area contributed by atoms with Gasteiger partial charge in [0.25, 0.3) is 0 Å². The molecule has 0 saturated heterocycles. The maximum absolute atomic E-state index is 13.2. The summed E-state index contributed by atoms with van der Waals surface area (Å²) in [5.41, 5.74) is 3.98. The molecule has 4 rings (SSSR count). The van der Waals surface area contributed by atoms with Gasteiger partial charge in [0.05, 0.1) is 12.5 Å². The van der Waals surface area contributed by atoms with Gasteiger partial charge in [-0.2, -0.15) is 0 Å². The van der Waals surface area contributed by atoms with Crippen LogP contribution in [0, 0.1) is 0 Å². The van der Waals surface area contributed by atoms with Crippen LogP contribution in [0.1, 0.15) is 28.3 Å². The highest BCUT2D eigenvalue weighted by atomic mass is 79.9. The van der Waals surface area contributed by atoms with Gasteiger partial charge in [0.2, 0.25) is 0 Å². The van der Waals surface area contributed by atoms with Crippen molar-refractivity contribution in [2.75, 3.05) is 5.32 Å². The molecule has 1 aliphatic rings. The number of hydrogen-bond acceptors (Lipinski definition) is 3. The zero-order valence-corrected chi connectivity index (χ0v) is 17.6. The van der Waals surface area contributed by atoms with Crippen molar-refractivity contribution in [1.29, 1.82) is 0 Å². The molecule has 0 aromatic heterocycles. The van der Waals surface area contributed by atoms with Gasteiger partial charge in [0, 0.05) is 32.2 Å². The SMILES string of the molecule is O=C(O)CC1c2cc(Br)ccc2NC1C(=O)c1ccc(-c2ccccc2Cl)cc1. The highest BCUT2D eigenvalue weighted by molar-refractivity contribution is 9.10. The van der Waals surface area contributed by atoms with Crippen molar-refractivity contribution in [3.63, 3.8) is 0 Å². The Labute approximate surface area is 181 Å². The van der Waals surface area contributed by atoms with E-state index in [4.69, 9.17) is 11.6 Å². The average Bonchev–Trinajstić information content (AvgIpc) is 3.05. The second kappa shape index (κ2) is 8.01. The second-order valence-corrected chi connectivity index (χ2v) is 8.30. The van der Waals surface area contributed by atoms with Gasteiger partial charge in [0.15, 0.2) is 5.78 Å². The van der Waals surface area contributed by atoms with Gasteiger partial charge >= 0.3 is 5.97 Å². The summed E-state index contributed by atoms with van der Waals surface area (Å²) in [7, 11) is 0. The molecule has 0 amide bonds. The highest BCUT2D eigenvalue weighted by Gasteiger charge is 2.38. The molecule has 146 valence electrons. The molecule has 0 spiro atoms. The van der Waals surface area contributed by atoms with Crippen LogP contribution in [0.15, 0.2) is 71.2 Å². The Morgan fingerprint density at radius 2 is 1.76 bits per heavy atom. The van der Waals surface area contributed by atoms with Gasteiger partial charge in [-0.05, 0) is 35.4 Å². The minimum Gasteiger partial charge on any atom is -0.481 e. The van der Waals surface area contributed by atoms with Gasteiger partial charge < -0.3 is 10.4 Å². The first-order valence-corrected chi connectivity index (χ1v) is 10.3. The first kappa shape index (κ1) is 19.7. The minimum absolute atomic E-state index is 0.120. The lowest BCUT2D eigenvalue weighted by molar-refractivity contribution is -0.137. The van der Waals surface area contributed by atoms with Crippen LogP contribution in [0.3, 0.4) is 0 Å². The summed E-state index contributed by atoms with van der Waals surface area (Å²) in [4.78, 5) is 24.6. The summed E-state index contributed by atoms with van der Waals surface area (Å²) in [6.07, 6.45) is -0.120. The Bertz CT molecular complexity index is 1100. The Hall–Kier alpha value is -2.63. The van der Waals surface area contributed by atoms with Gasteiger partial charge in [-0.3, -0.25) is 9.59 Å². The number of hydrogen-bond donors (Lipinski definition) is 2. The van der Waals surface area contributed by atoms with E-state index in [2.05, 4.69) is 21.2 Å². The number of nitrogens with one attached hydrogen (secondary N) is 1. The molecule has 3 aromatic carbocycles. The molecule has 0 radical (unpaired) electrons. The number of rotatable bonds is 5. The van der Waals surface area contributed by atoms with Gasteiger partial charge in [-0.15, -0.1) is 0 Å². The lowest BCUT2D eigenvalue weighted by Crippen LogP contribution is -2.32. The molecule has 3 aromatic rings. The van der Waals surface area contributed by atoms with Crippen molar-refractivity contribution >= 4 is 45.0 Å². The molecule has 4 nitrogen and oxygen atoms in total. The van der Waals surface area contributed by atoms with Crippen molar-refractivity contribution < 1.29 is 14.7 Å². The number of Topliss-reactive ketones (excluding diaryl/α,β-unsaturated/α-hetero) is 1. The largest absolute Gasteiger partial charge is 0.481 e. The van der Waals surface area contributed by atoms with Crippen LogP contribution in [0.2, 0.25) is 5.02 Å². The number of aliphatic carboxylic acids is 1. The third-order valence-corrected chi connectivity index (χ3v) is 5.98. The standard InChI is InChI=1S/C23H17BrClNO3/c24-15-9-10-20-17(11-15)18(12-21(27)28)22(26-20)23(29)14-7-5-13(6-8-14)16-3-1-2-4-19(16)25/h1-11,18,22,26H,12H2,(H,27,28). The molecule has 2 atom stereocenters. The molecule has 2 unspecified atom stereocenters. The summed E-state index contributed by atoms with van der Waals surface area (Å²) in [6, 6.07) is 19.8. The number of carbonyl (C=O) groups excluding carboxylic acids is 1. The first-order valence-electron chi connectivity index (χ1n) is 9.11.